The summed E-state index contributed by atoms with van der Waals surface area (Å²) in [4.78, 5) is 14.5. The molecule has 0 spiro atoms. The van der Waals surface area contributed by atoms with Crippen LogP contribution in [0.5, 0.6) is 0 Å². The van der Waals surface area contributed by atoms with Crippen LogP contribution in [0.2, 0.25) is 0 Å². The summed E-state index contributed by atoms with van der Waals surface area (Å²) in [5.41, 5.74) is 0.817. The van der Waals surface area contributed by atoms with E-state index in [2.05, 4.69) is 18.7 Å². The lowest BCUT2D eigenvalue weighted by Gasteiger charge is -2.38. The second-order valence-corrected chi connectivity index (χ2v) is 5.24. The molecule has 0 N–H and O–H groups in total. The van der Waals surface area contributed by atoms with Crippen LogP contribution in [-0.4, -0.2) is 42.5 Å². The van der Waals surface area contributed by atoms with E-state index in [1.165, 1.54) is 0 Å². The van der Waals surface area contributed by atoms with Gasteiger partial charge in [-0.1, -0.05) is 37.3 Å². The number of ether oxygens (including phenoxy) is 1. The molecule has 0 radical (unpaired) electrons. The number of carbonyl (C=O) groups excluding carboxylic acids is 1. The molecule has 0 aromatic heterocycles. The molecule has 1 heterocycles. The van der Waals surface area contributed by atoms with E-state index in [9.17, 15) is 4.79 Å². The largest absolute Gasteiger partial charge is 0.376 e. The lowest BCUT2D eigenvalue weighted by atomic mass is 10.1. The first-order valence-corrected chi connectivity index (χ1v) is 7.14. The minimum atomic E-state index is 0.231. The van der Waals surface area contributed by atoms with Crippen LogP contribution in [0, 0.1) is 0 Å². The van der Waals surface area contributed by atoms with Crippen molar-refractivity contribution in [3.8, 4) is 0 Å². The van der Waals surface area contributed by atoms with Gasteiger partial charge in [0, 0.05) is 31.1 Å². The van der Waals surface area contributed by atoms with Crippen LogP contribution in [0.15, 0.2) is 30.3 Å². The zero-order chi connectivity index (χ0) is 13.7. The first-order valence-electron chi connectivity index (χ1n) is 7.14. The maximum Gasteiger partial charge on any atom is 0.164 e. The molecule has 0 saturated carbocycles. The molecule has 1 aliphatic rings. The normalized spacial score (nSPS) is 24.3. The maximum atomic E-state index is 12.1. The number of benzene rings is 1. The molecule has 1 aliphatic heterocycles. The van der Waals surface area contributed by atoms with Crippen LogP contribution in [0.25, 0.3) is 0 Å². The number of ketones is 1. The van der Waals surface area contributed by atoms with Gasteiger partial charge >= 0.3 is 0 Å². The lowest BCUT2D eigenvalue weighted by molar-refractivity contribution is -0.0553. The average molecular weight is 261 g/mol. The van der Waals surface area contributed by atoms with Crippen LogP contribution >= 0.6 is 0 Å². The molecule has 3 nitrogen and oxygen atoms in total. The molecule has 1 aromatic rings. The molecule has 2 rings (SSSR count). The zero-order valence-corrected chi connectivity index (χ0v) is 11.8. The molecule has 19 heavy (non-hydrogen) atoms. The van der Waals surface area contributed by atoms with Crippen molar-refractivity contribution in [1.82, 2.24) is 4.90 Å². The third-order valence-electron chi connectivity index (χ3n) is 3.77. The Morgan fingerprint density at radius 1 is 1.37 bits per heavy atom. The minimum Gasteiger partial charge on any atom is -0.376 e. The monoisotopic (exact) mass is 261 g/mol. The summed E-state index contributed by atoms with van der Waals surface area (Å²) in [7, 11) is 0. The number of rotatable bonds is 5. The molecule has 1 aromatic carbocycles. The Kier molecular flexibility index (Phi) is 5.11. The molecule has 0 aliphatic carbocycles. The molecule has 3 heteroatoms. The third-order valence-corrected chi connectivity index (χ3v) is 3.77. The van der Waals surface area contributed by atoms with Gasteiger partial charge in [0.15, 0.2) is 5.78 Å². The smallest absolute Gasteiger partial charge is 0.164 e. The van der Waals surface area contributed by atoms with Crippen LogP contribution in [0.3, 0.4) is 0 Å². The Labute approximate surface area is 115 Å². The van der Waals surface area contributed by atoms with Crippen molar-refractivity contribution in [3.05, 3.63) is 35.9 Å². The molecule has 1 fully saturated rings. The Balaban J connectivity index is 1.88. The minimum absolute atomic E-state index is 0.231. The summed E-state index contributed by atoms with van der Waals surface area (Å²) in [6.07, 6.45) is 1.94. The molecule has 2 unspecified atom stereocenters. The average Bonchev–Trinajstić information content (AvgIpc) is 2.46. The number of morpholine rings is 1. The first kappa shape index (κ1) is 14.2. The van der Waals surface area contributed by atoms with Crippen molar-refractivity contribution < 1.29 is 9.53 Å². The van der Waals surface area contributed by atoms with Crippen molar-refractivity contribution in [3.63, 3.8) is 0 Å². The van der Waals surface area contributed by atoms with Crippen molar-refractivity contribution in [1.29, 1.82) is 0 Å². The fraction of sp³-hybridized carbons (Fsp3) is 0.562. The van der Waals surface area contributed by atoms with Crippen molar-refractivity contribution in [2.45, 2.75) is 38.8 Å². The van der Waals surface area contributed by atoms with E-state index >= 15 is 0 Å². The highest BCUT2D eigenvalue weighted by Gasteiger charge is 2.25. The molecule has 0 amide bonds. The van der Waals surface area contributed by atoms with E-state index in [0.29, 0.717) is 12.5 Å². The van der Waals surface area contributed by atoms with Gasteiger partial charge in [0.2, 0.25) is 0 Å². The number of hydrogen-bond donors (Lipinski definition) is 0. The van der Waals surface area contributed by atoms with Gasteiger partial charge in [-0.05, 0) is 13.3 Å². The second kappa shape index (κ2) is 6.83. The Bertz CT molecular complexity index is 404. The van der Waals surface area contributed by atoms with E-state index in [1.54, 1.807) is 0 Å². The van der Waals surface area contributed by atoms with Crippen molar-refractivity contribution >= 4 is 5.78 Å². The topological polar surface area (TPSA) is 29.5 Å². The standard InChI is InChI=1S/C16H23NO2/c1-3-15-12-19-13(2)11-17(15)10-9-16(18)14-7-5-4-6-8-14/h4-8,13,15H,3,9-12H2,1-2H3. The van der Waals surface area contributed by atoms with Gasteiger partial charge in [-0.2, -0.15) is 0 Å². The highest BCUT2D eigenvalue weighted by atomic mass is 16.5. The Hall–Kier alpha value is -1.19. The summed E-state index contributed by atoms with van der Waals surface area (Å²) < 4.78 is 5.68. The zero-order valence-electron chi connectivity index (χ0n) is 11.8. The highest BCUT2D eigenvalue weighted by molar-refractivity contribution is 5.96. The van der Waals surface area contributed by atoms with E-state index in [1.807, 2.05) is 30.3 Å². The predicted molar refractivity (Wildman–Crippen MR) is 76.5 cm³/mol. The molecule has 1 saturated heterocycles. The molecule has 2 atom stereocenters. The van der Waals surface area contributed by atoms with Gasteiger partial charge in [0.1, 0.15) is 0 Å². The van der Waals surface area contributed by atoms with E-state index in [4.69, 9.17) is 4.74 Å². The lowest BCUT2D eigenvalue weighted by Crippen LogP contribution is -2.49. The Morgan fingerprint density at radius 3 is 2.79 bits per heavy atom. The van der Waals surface area contributed by atoms with Gasteiger partial charge in [0.25, 0.3) is 0 Å². The fourth-order valence-electron chi connectivity index (χ4n) is 2.58. The summed E-state index contributed by atoms with van der Waals surface area (Å²) in [5.74, 6) is 0.231. The number of nitrogens with zero attached hydrogens (tertiary/aromatic N) is 1. The summed E-state index contributed by atoms with van der Waals surface area (Å²) in [6, 6.07) is 10.0. The van der Waals surface area contributed by atoms with E-state index < -0.39 is 0 Å². The number of Topliss-reactive ketones (excluding diaryl/α,β-unsaturated/α-hetero) is 1. The molecule has 0 bridgehead atoms. The van der Waals surface area contributed by atoms with E-state index in [-0.39, 0.29) is 11.9 Å². The van der Waals surface area contributed by atoms with Crippen LogP contribution in [-0.2, 0) is 4.74 Å². The SMILES string of the molecule is CCC1COC(C)CN1CCC(=O)c1ccccc1. The van der Waals surface area contributed by atoms with Crippen molar-refractivity contribution in [2.24, 2.45) is 0 Å². The Morgan fingerprint density at radius 2 is 2.11 bits per heavy atom. The number of carbonyl (C=O) groups is 1. The molecular weight excluding hydrogens is 238 g/mol. The number of hydrogen-bond acceptors (Lipinski definition) is 3. The fourth-order valence-corrected chi connectivity index (χ4v) is 2.58. The summed E-state index contributed by atoms with van der Waals surface area (Å²) >= 11 is 0. The van der Waals surface area contributed by atoms with Crippen LogP contribution in [0.1, 0.15) is 37.0 Å². The predicted octanol–water partition coefficient (Wildman–Crippen LogP) is 2.76. The van der Waals surface area contributed by atoms with Crippen molar-refractivity contribution in [2.75, 3.05) is 19.7 Å². The molecule has 104 valence electrons. The van der Waals surface area contributed by atoms with Crippen LogP contribution < -0.4 is 0 Å². The third kappa shape index (κ3) is 3.88. The van der Waals surface area contributed by atoms with E-state index in [0.717, 1.165) is 31.7 Å². The van der Waals surface area contributed by atoms with Gasteiger partial charge in [0.05, 0.1) is 12.7 Å². The van der Waals surface area contributed by atoms with Gasteiger partial charge in [-0.3, -0.25) is 9.69 Å². The van der Waals surface area contributed by atoms with Gasteiger partial charge < -0.3 is 4.74 Å². The van der Waals surface area contributed by atoms with Gasteiger partial charge in [-0.15, -0.1) is 0 Å². The summed E-state index contributed by atoms with van der Waals surface area (Å²) in [5, 5.41) is 0. The van der Waals surface area contributed by atoms with Gasteiger partial charge in [-0.25, -0.2) is 0 Å². The van der Waals surface area contributed by atoms with Crippen LogP contribution in [0.4, 0.5) is 0 Å². The summed E-state index contributed by atoms with van der Waals surface area (Å²) in [6.45, 7) is 6.83. The molecular formula is C16H23NO2. The quantitative estimate of drug-likeness (QED) is 0.763. The maximum absolute atomic E-state index is 12.1. The first-order chi connectivity index (χ1) is 9.20. The highest BCUT2D eigenvalue weighted by Crippen LogP contribution is 2.15. The second-order valence-electron chi connectivity index (χ2n) is 5.24.